The van der Waals surface area contributed by atoms with Crippen LogP contribution in [0.15, 0.2) is 24.3 Å². The summed E-state index contributed by atoms with van der Waals surface area (Å²) in [7, 11) is 0. The van der Waals surface area contributed by atoms with E-state index < -0.39 is 0 Å². The summed E-state index contributed by atoms with van der Waals surface area (Å²) in [4.78, 5) is 4.65. The van der Waals surface area contributed by atoms with Gasteiger partial charge in [0.15, 0.2) is 0 Å². The van der Waals surface area contributed by atoms with E-state index in [1.165, 1.54) is 5.56 Å². The largest absolute Gasteiger partial charge is 0.398 e. The van der Waals surface area contributed by atoms with Gasteiger partial charge in [-0.05, 0) is 36.1 Å². The summed E-state index contributed by atoms with van der Waals surface area (Å²) in [6.07, 6.45) is 2.09. The molecule has 1 aromatic carbocycles. The van der Waals surface area contributed by atoms with E-state index in [1.54, 1.807) is 0 Å². The van der Waals surface area contributed by atoms with E-state index in [1.807, 2.05) is 6.07 Å². The van der Waals surface area contributed by atoms with Crippen molar-refractivity contribution in [3.8, 4) is 0 Å². The Labute approximate surface area is 103 Å². The fourth-order valence-corrected chi connectivity index (χ4v) is 2.07. The number of pyridine rings is 1. The summed E-state index contributed by atoms with van der Waals surface area (Å²) < 4.78 is 0. The standard InChI is InChI=1S/C15H20N2/c1-4-5-12-9-14(16)13-8-11(10(2)3)6-7-15(13)17-12/h6-10H,4-5H2,1-3H3,(H2,16,17). The van der Waals surface area contributed by atoms with E-state index in [4.69, 9.17) is 5.73 Å². The molecule has 2 N–H and O–H groups in total. The number of rotatable bonds is 3. The average molecular weight is 228 g/mol. The number of hydrogen-bond acceptors (Lipinski definition) is 2. The lowest BCUT2D eigenvalue weighted by Crippen LogP contribution is -1.97. The summed E-state index contributed by atoms with van der Waals surface area (Å²) in [5.74, 6) is 0.522. The maximum Gasteiger partial charge on any atom is 0.0726 e. The molecule has 2 rings (SSSR count). The van der Waals surface area contributed by atoms with E-state index in [-0.39, 0.29) is 0 Å². The molecule has 0 bridgehead atoms. The first-order valence-electron chi connectivity index (χ1n) is 6.31. The molecular formula is C15H20N2. The summed E-state index contributed by atoms with van der Waals surface area (Å²) in [5.41, 5.74) is 10.4. The molecule has 1 aromatic heterocycles. The first kappa shape index (κ1) is 11.9. The van der Waals surface area contributed by atoms with Gasteiger partial charge in [-0.25, -0.2) is 0 Å². The van der Waals surface area contributed by atoms with E-state index in [9.17, 15) is 0 Å². The van der Waals surface area contributed by atoms with Crippen molar-refractivity contribution in [1.82, 2.24) is 4.98 Å². The van der Waals surface area contributed by atoms with Gasteiger partial charge < -0.3 is 5.73 Å². The third-order valence-corrected chi connectivity index (χ3v) is 3.09. The quantitative estimate of drug-likeness (QED) is 0.865. The van der Waals surface area contributed by atoms with Crippen molar-refractivity contribution in [3.63, 3.8) is 0 Å². The zero-order valence-corrected chi connectivity index (χ0v) is 10.8. The van der Waals surface area contributed by atoms with Crippen LogP contribution in [-0.2, 0) is 6.42 Å². The summed E-state index contributed by atoms with van der Waals surface area (Å²) in [6.45, 7) is 6.54. The van der Waals surface area contributed by atoms with Gasteiger partial charge in [0.2, 0.25) is 0 Å². The Bertz CT molecular complexity index is 530. The minimum Gasteiger partial charge on any atom is -0.398 e. The van der Waals surface area contributed by atoms with Crippen LogP contribution in [0.4, 0.5) is 5.69 Å². The fraction of sp³-hybridized carbons (Fsp3) is 0.400. The zero-order chi connectivity index (χ0) is 12.4. The predicted molar refractivity (Wildman–Crippen MR) is 74.2 cm³/mol. The van der Waals surface area contributed by atoms with E-state index in [2.05, 4.69) is 44.0 Å². The molecular weight excluding hydrogens is 208 g/mol. The number of aryl methyl sites for hydroxylation is 1. The van der Waals surface area contributed by atoms with Gasteiger partial charge in [-0.2, -0.15) is 0 Å². The second kappa shape index (κ2) is 4.74. The molecule has 90 valence electrons. The Hall–Kier alpha value is -1.57. The summed E-state index contributed by atoms with van der Waals surface area (Å²) in [6, 6.07) is 8.41. The lowest BCUT2D eigenvalue weighted by molar-refractivity contribution is 0.867. The molecule has 1 heterocycles. The van der Waals surface area contributed by atoms with Crippen molar-refractivity contribution in [2.24, 2.45) is 0 Å². The van der Waals surface area contributed by atoms with Crippen LogP contribution >= 0.6 is 0 Å². The molecule has 0 saturated heterocycles. The number of benzene rings is 1. The summed E-state index contributed by atoms with van der Waals surface area (Å²) in [5, 5.41) is 1.08. The first-order chi connectivity index (χ1) is 8.11. The topological polar surface area (TPSA) is 38.9 Å². The van der Waals surface area contributed by atoms with Crippen LogP contribution in [0, 0.1) is 0 Å². The fourth-order valence-electron chi connectivity index (χ4n) is 2.07. The highest BCUT2D eigenvalue weighted by molar-refractivity contribution is 5.90. The molecule has 2 nitrogen and oxygen atoms in total. The van der Waals surface area contributed by atoms with Crippen LogP contribution in [-0.4, -0.2) is 4.98 Å². The number of fused-ring (bicyclic) bond motifs is 1. The third-order valence-electron chi connectivity index (χ3n) is 3.09. The van der Waals surface area contributed by atoms with Gasteiger partial charge in [0, 0.05) is 16.8 Å². The highest BCUT2D eigenvalue weighted by Crippen LogP contribution is 2.25. The van der Waals surface area contributed by atoms with Crippen molar-refractivity contribution in [1.29, 1.82) is 0 Å². The maximum absolute atomic E-state index is 6.12. The van der Waals surface area contributed by atoms with Crippen LogP contribution < -0.4 is 5.73 Å². The van der Waals surface area contributed by atoms with Gasteiger partial charge in [-0.1, -0.05) is 33.3 Å². The van der Waals surface area contributed by atoms with Gasteiger partial charge in [0.25, 0.3) is 0 Å². The van der Waals surface area contributed by atoms with E-state index in [0.29, 0.717) is 5.92 Å². The maximum atomic E-state index is 6.12. The van der Waals surface area contributed by atoms with Crippen molar-refractivity contribution in [3.05, 3.63) is 35.5 Å². The Morgan fingerprint density at radius 2 is 2.00 bits per heavy atom. The van der Waals surface area contributed by atoms with Crippen LogP contribution in [0.5, 0.6) is 0 Å². The molecule has 17 heavy (non-hydrogen) atoms. The van der Waals surface area contributed by atoms with Crippen molar-refractivity contribution in [2.45, 2.75) is 39.5 Å². The number of nitrogen functional groups attached to an aromatic ring is 1. The Balaban J connectivity index is 2.56. The molecule has 0 aliphatic heterocycles. The lowest BCUT2D eigenvalue weighted by atomic mass is 10.00. The summed E-state index contributed by atoms with van der Waals surface area (Å²) >= 11 is 0. The smallest absolute Gasteiger partial charge is 0.0726 e. The van der Waals surface area contributed by atoms with Gasteiger partial charge in [-0.15, -0.1) is 0 Å². The van der Waals surface area contributed by atoms with E-state index >= 15 is 0 Å². The molecule has 0 radical (unpaired) electrons. The van der Waals surface area contributed by atoms with Gasteiger partial charge >= 0.3 is 0 Å². The Kier molecular flexibility index (Phi) is 3.32. The zero-order valence-electron chi connectivity index (χ0n) is 10.8. The van der Waals surface area contributed by atoms with Crippen molar-refractivity contribution >= 4 is 16.6 Å². The van der Waals surface area contributed by atoms with Crippen LogP contribution in [0.25, 0.3) is 10.9 Å². The van der Waals surface area contributed by atoms with Crippen LogP contribution in [0.2, 0.25) is 0 Å². The molecule has 2 heteroatoms. The highest BCUT2D eigenvalue weighted by Gasteiger charge is 2.06. The molecule has 2 aromatic rings. The highest BCUT2D eigenvalue weighted by atomic mass is 14.7. The van der Waals surface area contributed by atoms with Crippen molar-refractivity contribution < 1.29 is 0 Å². The van der Waals surface area contributed by atoms with Gasteiger partial charge in [0.1, 0.15) is 0 Å². The predicted octanol–water partition coefficient (Wildman–Crippen LogP) is 3.89. The molecule has 0 unspecified atom stereocenters. The number of nitrogens with two attached hydrogens (primary N) is 1. The molecule has 0 fully saturated rings. The third kappa shape index (κ3) is 2.41. The monoisotopic (exact) mass is 228 g/mol. The number of nitrogens with zero attached hydrogens (tertiary/aromatic N) is 1. The van der Waals surface area contributed by atoms with E-state index in [0.717, 1.165) is 35.1 Å². The Morgan fingerprint density at radius 3 is 2.65 bits per heavy atom. The van der Waals surface area contributed by atoms with Crippen LogP contribution in [0.1, 0.15) is 44.4 Å². The molecule has 0 amide bonds. The average Bonchev–Trinajstić information content (AvgIpc) is 2.29. The molecule has 0 saturated carbocycles. The normalized spacial score (nSPS) is 11.3. The minimum atomic E-state index is 0.522. The second-order valence-electron chi connectivity index (χ2n) is 4.88. The SMILES string of the molecule is CCCc1cc(N)c2cc(C(C)C)ccc2n1. The molecule has 0 aliphatic rings. The second-order valence-corrected chi connectivity index (χ2v) is 4.88. The Morgan fingerprint density at radius 1 is 1.24 bits per heavy atom. The first-order valence-corrected chi connectivity index (χ1v) is 6.31. The van der Waals surface area contributed by atoms with Gasteiger partial charge in [-0.3, -0.25) is 4.98 Å². The molecule has 0 spiro atoms. The van der Waals surface area contributed by atoms with Gasteiger partial charge in [0.05, 0.1) is 5.52 Å². The number of hydrogen-bond donors (Lipinski definition) is 1. The number of anilines is 1. The molecule has 0 aliphatic carbocycles. The number of aromatic nitrogens is 1. The minimum absolute atomic E-state index is 0.522. The van der Waals surface area contributed by atoms with Crippen LogP contribution in [0.3, 0.4) is 0 Å². The van der Waals surface area contributed by atoms with Crippen molar-refractivity contribution in [2.75, 3.05) is 5.73 Å². The molecule has 0 atom stereocenters. The lowest BCUT2D eigenvalue weighted by Gasteiger charge is -2.09.